The Kier molecular flexibility index (Phi) is 5.79. The van der Waals surface area contributed by atoms with E-state index in [0.29, 0.717) is 6.61 Å². The lowest BCUT2D eigenvalue weighted by Crippen LogP contribution is -2.12. The number of hydrogen-bond acceptors (Lipinski definition) is 1. The Morgan fingerprint density at radius 1 is 1.31 bits per heavy atom. The summed E-state index contributed by atoms with van der Waals surface area (Å²) in [5.41, 5.74) is -0.511. The lowest BCUT2D eigenvalue weighted by atomic mass is 10.2. The summed E-state index contributed by atoms with van der Waals surface area (Å²) in [4.78, 5) is 0. The van der Waals surface area contributed by atoms with Crippen molar-refractivity contribution in [3.8, 4) is 0 Å². The Bertz CT molecular complexity index is 161. The highest BCUT2D eigenvalue weighted by molar-refractivity contribution is 5.08. The molecule has 78 valence electrons. The molecule has 0 heterocycles. The molecule has 1 nitrogen and oxygen atoms in total. The van der Waals surface area contributed by atoms with Crippen molar-refractivity contribution in [2.45, 2.75) is 32.9 Å². The summed E-state index contributed by atoms with van der Waals surface area (Å²) < 4.78 is 41.3. The van der Waals surface area contributed by atoms with Crippen molar-refractivity contribution in [3.05, 3.63) is 11.6 Å². The molecule has 4 heteroatoms. The SMILES string of the molecule is CCCOCC=C(CC)C(F)(F)F. The predicted molar refractivity (Wildman–Crippen MR) is 45.5 cm³/mol. The fraction of sp³-hybridized carbons (Fsp3) is 0.778. The highest BCUT2D eigenvalue weighted by atomic mass is 19.4. The van der Waals surface area contributed by atoms with Gasteiger partial charge in [-0.1, -0.05) is 19.9 Å². The molecule has 0 unspecified atom stereocenters. The first kappa shape index (κ1) is 12.5. The fourth-order valence-electron chi connectivity index (χ4n) is 0.848. The van der Waals surface area contributed by atoms with Gasteiger partial charge < -0.3 is 4.74 Å². The number of hydrogen-bond donors (Lipinski definition) is 0. The summed E-state index contributed by atoms with van der Waals surface area (Å²) in [6.45, 7) is 3.95. The molecule has 0 amide bonds. The van der Waals surface area contributed by atoms with Crippen LogP contribution < -0.4 is 0 Å². The molecule has 0 aliphatic carbocycles. The average molecular weight is 196 g/mol. The van der Waals surface area contributed by atoms with Gasteiger partial charge in [-0.3, -0.25) is 0 Å². The minimum atomic E-state index is -4.20. The van der Waals surface area contributed by atoms with E-state index in [4.69, 9.17) is 4.74 Å². The molecule has 0 aromatic rings. The van der Waals surface area contributed by atoms with Gasteiger partial charge in [0.1, 0.15) is 0 Å². The molecule has 0 saturated carbocycles. The average Bonchev–Trinajstić information content (AvgIpc) is 2.02. The predicted octanol–water partition coefficient (Wildman–Crippen LogP) is 3.31. The van der Waals surface area contributed by atoms with Crippen LogP contribution in [0.15, 0.2) is 11.6 Å². The van der Waals surface area contributed by atoms with Gasteiger partial charge in [0, 0.05) is 12.2 Å². The standard InChI is InChI=1S/C9H15F3O/c1-3-6-13-7-5-8(4-2)9(10,11)12/h5H,3-4,6-7H2,1-2H3. The number of rotatable bonds is 5. The Labute approximate surface area is 76.6 Å². The van der Waals surface area contributed by atoms with Crippen molar-refractivity contribution in [2.24, 2.45) is 0 Å². The summed E-state index contributed by atoms with van der Waals surface area (Å²) in [7, 11) is 0. The van der Waals surface area contributed by atoms with Crippen molar-refractivity contribution >= 4 is 0 Å². The molecule has 0 aromatic carbocycles. The van der Waals surface area contributed by atoms with Crippen LogP contribution in [-0.2, 0) is 4.74 Å². The van der Waals surface area contributed by atoms with Gasteiger partial charge in [-0.25, -0.2) is 0 Å². The maximum absolute atomic E-state index is 12.1. The van der Waals surface area contributed by atoms with Gasteiger partial charge in [0.15, 0.2) is 0 Å². The second kappa shape index (κ2) is 6.02. The smallest absolute Gasteiger partial charge is 0.377 e. The maximum atomic E-state index is 12.1. The molecule has 0 fully saturated rings. The molecule has 0 atom stereocenters. The Morgan fingerprint density at radius 2 is 1.92 bits per heavy atom. The van der Waals surface area contributed by atoms with Crippen LogP contribution in [0, 0.1) is 0 Å². The molecule has 0 aliphatic rings. The van der Waals surface area contributed by atoms with Gasteiger partial charge in [0.2, 0.25) is 0 Å². The molecule has 0 aromatic heterocycles. The quantitative estimate of drug-likeness (QED) is 0.484. The lowest BCUT2D eigenvalue weighted by molar-refractivity contribution is -0.0941. The highest BCUT2D eigenvalue weighted by Crippen LogP contribution is 2.27. The van der Waals surface area contributed by atoms with Crippen LogP contribution >= 0.6 is 0 Å². The van der Waals surface area contributed by atoms with Crippen molar-refractivity contribution in [2.75, 3.05) is 13.2 Å². The number of alkyl halides is 3. The van der Waals surface area contributed by atoms with E-state index in [9.17, 15) is 13.2 Å². The summed E-state index contributed by atoms with van der Waals surface area (Å²) in [5.74, 6) is 0. The number of allylic oxidation sites excluding steroid dienone is 1. The molecule has 0 bridgehead atoms. The van der Waals surface area contributed by atoms with E-state index in [0.717, 1.165) is 12.5 Å². The second-order valence-corrected chi connectivity index (χ2v) is 2.66. The Hall–Kier alpha value is -0.510. The summed E-state index contributed by atoms with van der Waals surface area (Å²) in [6, 6.07) is 0. The third-order valence-electron chi connectivity index (χ3n) is 1.54. The largest absolute Gasteiger partial charge is 0.412 e. The third-order valence-corrected chi connectivity index (χ3v) is 1.54. The highest BCUT2D eigenvalue weighted by Gasteiger charge is 2.31. The zero-order chi connectivity index (χ0) is 10.3. The van der Waals surface area contributed by atoms with E-state index in [-0.39, 0.29) is 13.0 Å². The van der Waals surface area contributed by atoms with E-state index < -0.39 is 11.7 Å². The Morgan fingerprint density at radius 3 is 2.31 bits per heavy atom. The van der Waals surface area contributed by atoms with Crippen LogP contribution in [0.25, 0.3) is 0 Å². The van der Waals surface area contributed by atoms with Gasteiger partial charge in [-0.05, 0) is 12.8 Å². The van der Waals surface area contributed by atoms with Gasteiger partial charge in [0.05, 0.1) is 6.61 Å². The number of ether oxygens (including phenoxy) is 1. The third kappa shape index (κ3) is 5.69. The molecule has 0 radical (unpaired) electrons. The first-order chi connectivity index (χ1) is 6.02. The summed E-state index contributed by atoms with van der Waals surface area (Å²) >= 11 is 0. The van der Waals surface area contributed by atoms with Crippen molar-refractivity contribution in [3.63, 3.8) is 0 Å². The number of halogens is 3. The molecule has 0 N–H and O–H groups in total. The van der Waals surface area contributed by atoms with Crippen molar-refractivity contribution in [1.82, 2.24) is 0 Å². The minimum Gasteiger partial charge on any atom is -0.377 e. The summed E-state index contributed by atoms with van der Waals surface area (Å²) in [5, 5.41) is 0. The molecule has 0 rings (SSSR count). The van der Waals surface area contributed by atoms with Crippen LogP contribution in [0.1, 0.15) is 26.7 Å². The Balaban J connectivity index is 3.94. The second-order valence-electron chi connectivity index (χ2n) is 2.66. The van der Waals surface area contributed by atoms with Crippen LogP contribution in [0.2, 0.25) is 0 Å². The van der Waals surface area contributed by atoms with E-state index in [1.54, 1.807) is 0 Å². The van der Waals surface area contributed by atoms with E-state index >= 15 is 0 Å². The summed E-state index contributed by atoms with van der Waals surface area (Å²) in [6.07, 6.45) is -2.28. The fourth-order valence-corrected chi connectivity index (χ4v) is 0.848. The van der Waals surface area contributed by atoms with E-state index in [1.165, 1.54) is 6.92 Å². The van der Waals surface area contributed by atoms with E-state index in [2.05, 4.69) is 0 Å². The van der Waals surface area contributed by atoms with Crippen LogP contribution in [-0.4, -0.2) is 19.4 Å². The minimum absolute atomic E-state index is 0.00101. The van der Waals surface area contributed by atoms with E-state index in [1.807, 2.05) is 6.92 Å². The normalized spacial score (nSPS) is 13.5. The lowest BCUT2D eigenvalue weighted by Gasteiger charge is -2.09. The molecular formula is C9H15F3O. The zero-order valence-corrected chi connectivity index (χ0v) is 7.95. The molecular weight excluding hydrogens is 181 g/mol. The van der Waals surface area contributed by atoms with Gasteiger partial charge in [0.25, 0.3) is 0 Å². The zero-order valence-electron chi connectivity index (χ0n) is 7.95. The van der Waals surface area contributed by atoms with Gasteiger partial charge in [-0.2, -0.15) is 13.2 Å². The maximum Gasteiger partial charge on any atom is 0.412 e. The van der Waals surface area contributed by atoms with Crippen LogP contribution in [0.3, 0.4) is 0 Å². The molecule has 0 aliphatic heterocycles. The van der Waals surface area contributed by atoms with Crippen LogP contribution in [0.5, 0.6) is 0 Å². The van der Waals surface area contributed by atoms with Crippen LogP contribution in [0.4, 0.5) is 13.2 Å². The first-order valence-corrected chi connectivity index (χ1v) is 4.36. The monoisotopic (exact) mass is 196 g/mol. The van der Waals surface area contributed by atoms with Gasteiger partial charge in [-0.15, -0.1) is 0 Å². The topological polar surface area (TPSA) is 9.23 Å². The van der Waals surface area contributed by atoms with Crippen molar-refractivity contribution in [1.29, 1.82) is 0 Å². The molecule has 13 heavy (non-hydrogen) atoms. The van der Waals surface area contributed by atoms with Crippen molar-refractivity contribution < 1.29 is 17.9 Å². The first-order valence-electron chi connectivity index (χ1n) is 4.36. The van der Waals surface area contributed by atoms with Gasteiger partial charge >= 0.3 is 6.18 Å². The molecule has 0 saturated heterocycles. The molecule has 0 spiro atoms.